The van der Waals surface area contributed by atoms with Crippen molar-refractivity contribution >= 4 is 29.6 Å². The molecule has 0 aliphatic carbocycles. The van der Waals surface area contributed by atoms with Gasteiger partial charge in [0.2, 0.25) is 0 Å². The van der Waals surface area contributed by atoms with E-state index in [-0.39, 0.29) is 0 Å². The minimum absolute atomic E-state index is 0.668. The maximum absolute atomic E-state index is 4.38. The zero-order valence-corrected chi connectivity index (χ0v) is 15.5. The van der Waals surface area contributed by atoms with Crippen molar-refractivity contribution in [1.29, 1.82) is 0 Å². The standard InChI is InChI=1S/C22H24N2S/c1-24-14-17(10-16-6-8-20(25)9-7-16)11-18(15-24)12-19-13-23-22-5-3-2-4-21(19)22/h2-9,12-13,17,23,25H,10-11,14-15H2,1H3/b18-12+. The van der Waals surface area contributed by atoms with Gasteiger partial charge in [0.15, 0.2) is 0 Å². The number of nitrogens with one attached hydrogen (secondary N) is 1. The molecule has 1 fully saturated rings. The molecule has 0 bridgehead atoms. The predicted octanol–water partition coefficient (Wildman–Crippen LogP) is 5.03. The van der Waals surface area contributed by atoms with Crippen molar-refractivity contribution in [1.82, 2.24) is 9.88 Å². The first-order chi connectivity index (χ1) is 12.2. The number of para-hydroxylation sites is 1. The molecule has 0 amide bonds. The summed E-state index contributed by atoms with van der Waals surface area (Å²) >= 11 is 4.38. The van der Waals surface area contributed by atoms with Gasteiger partial charge in [-0.25, -0.2) is 0 Å². The Bertz CT molecular complexity index is 892. The molecular weight excluding hydrogens is 324 g/mol. The van der Waals surface area contributed by atoms with Gasteiger partial charge in [-0.05, 0) is 55.1 Å². The summed E-state index contributed by atoms with van der Waals surface area (Å²) < 4.78 is 0. The molecule has 0 saturated carbocycles. The van der Waals surface area contributed by atoms with Crippen LogP contribution in [0.2, 0.25) is 0 Å². The third-order valence-corrected chi connectivity index (χ3v) is 5.33. The van der Waals surface area contributed by atoms with Gasteiger partial charge in [0.05, 0.1) is 0 Å². The summed E-state index contributed by atoms with van der Waals surface area (Å²) in [6.07, 6.45) is 6.82. The van der Waals surface area contributed by atoms with E-state index in [0.29, 0.717) is 5.92 Å². The lowest BCUT2D eigenvalue weighted by Gasteiger charge is -2.32. The lowest BCUT2D eigenvalue weighted by Crippen LogP contribution is -2.34. The average molecular weight is 349 g/mol. The SMILES string of the molecule is CN1C/C(=C/c2c[nH]c3ccccc23)CC(Cc2ccc(S)cc2)C1. The van der Waals surface area contributed by atoms with Crippen LogP contribution in [0.3, 0.4) is 0 Å². The Kier molecular flexibility index (Phi) is 4.69. The Hall–Kier alpha value is -1.97. The molecule has 25 heavy (non-hydrogen) atoms. The van der Waals surface area contributed by atoms with E-state index in [2.05, 4.69) is 90.4 Å². The van der Waals surface area contributed by atoms with Crippen molar-refractivity contribution in [2.24, 2.45) is 5.92 Å². The Morgan fingerprint density at radius 2 is 1.96 bits per heavy atom. The Labute approximate surface area is 155 Å². The zero-order valence-electron chi connectivity index (χ0n) is 14.6. The first-order valence-corrected chi connectivity index (χ1v) is 9.34. The lowest BCUT2D eigenvalue weighted by molar-refractivity contribution is 0.253. The maximum atomic E-state index is 4.38. The van der Waals surface area contributed by atoms with E-state index in [0.717, 1.165) is 24.4 Å². The average Bonchev–Trinajstić information content (AvgIpc) is 3.00. The fourth-order valence-corrected chi connectivity index (χ4v) is 4.14. The molecule has 2 heterocycles. The van der Waals surface area contributed by atoms with Gasteiger partial charge in [0, 0.05) is 35.1 Å². The molecule has 4 rings (SSSR count). The van der Waals surface area contributed by atoms with Crippen molar-refractivity contribution in [3.05, 3.63) is 71.4 Å². The van der Waals surface area contributed by atoms with Gasteiger partial charge < -0.3 is 9.88 Å². The third kappa shape index (κ3) is 3.83. The molecule has 1 saturated heterocycles. The molecular formula is C22H24N2S. The highest BCUT2D eigenvalue weighted by Gasteiger charge is 2.21. The van der Waals surface area contributed by atoms with Crippen LogP contribution in [0.1, 0.15) is 17.5 Å². The van der Waals surface area contributed by atoms with Crippen LogP contribution in [-0.2, 0) is 6.42 Å². The molecule has 0 spiro atoms. The molecule has 1 aliphatic heterocycles. The first-order valence-electron chi connectivity index (χ1n) is 8.89. The lowest BCUT2D eigenvalue weighted by atomic mass is 9.88. The molecule has 1 unspecified atom stereocenters. The van der Waals surface area contributed by atoms with E-state index in [9.17, 15) is 0 Å². The van der Waals surface area contributed by atoms with Crippen molar-refractivity contribution in [3.8, 4) is 0 Å². The number of aromatic amines is 1. The van der Waals surface area contributed by atoms with E-state index in [1.54, 1.807) is 0 Å². The summed E-state index contributed by atoms with van der Waals surface area (Å²) in [4.78, 5) is 6.86. The molecule has 2 nitrogen and oxygen atoms in total. The fraction of sp³-hybridized carbons (Fsp3) is 0.273. The van der Waals surface area contributed by atoms with E-state index in [4.69, 9.17) is 0 Å². The van der Waals surface area contributed by atoms with Gasteiger partial charge in [-0.2, -0.15) is 0 Å². The molecule has 1 aromatic heterocycles. The molecule has 1 aliphatic rings. The summed E-state index contributed by atoms with van der Waals surface area (Å²) in [5, 5.41) is 1.31. The van der Waals surface area contributed by atoms with Crippen molar-refractivity contribution < 1.29 is 0 Å². The number of hydrogen-bond acceptors (Lipinski definition) is 2. The number of hydrogen-bond donors (Lipinski definition) is 2. The molecule has 3 aromatic rings. The molecule has 1 N–H and O–H groups in total. The van der Waals surface area contributed by atoms with Crippen molar-refractivity contribution in [3.63, 3.8) is 0 Å². The second-order valence-electron chi connectivity index (χ2n) is 7.23. The van der Waals surface area contributed by atoms with Gasteiger partial charge in [-0.1, -0.05) is 42.0 Å². The monoisotopic (exact) mass is 348 g/mol. The summed E-state index contributed by atoms with van der Waals surface area (Å²) in [6, 6.07) is 17.1. The van der Waals surface area contributed by atoms with Crippen LogP contribution in [0.25, 0.3) is 17.0 Å². The number of likely N-dealkylation sites (tertiary alicyclic amines) is 1. The Balaban J connectivity index is 1.54. The quantitative estimate of drug-likeness (QED) is 0.635. The summed E-state index contributed by atoms with van der Waals surface area (Å²) in [7, 11) is 2.23. The largest absolute Gasteiger partial charge is 0.361 e. The van der Waals surface area contributed by atoms with Crippen LogP contribution in [0.15, 0.2) is 65.2 Å². The summed E-state index contributed by atoms with van der Waals surface area (Å²) in [5.41, 5.74) is 5.44. The number of nitrogens with zero attached hydrogens (tertiary/aromatic N) is 1. The number of thiol groups is 1. The van der Waals surface area contributed by atoms with E-state index in [1.807, 2.05) is 0 Å². The minimum Gasteiger partial charge on any atom is -0.361 e. The highest BCUT2D eigenvalue weighted by Crippen LogP contribution is 2.28. The summed E-state index contributed by atoms with van der Waals surface area (Å²) in [5.74, 6) is 0.668. The van der Waals surface area contributed by atoms with E-state index < -0.39 is 0 Å². The first kappa shape index (κ1) is 16.5. The predicted molar refractivity (Wildman–Crippen MR) is 109 cm³/mol. The van der Waals surface area contributed by atoms with Crippen molar-refractivity contribution in [2.45, 2.75) is 17.7 Å². The van der Waals surface area contributed by atoms with Gasteiger partial charge >= 0.3 is 0 Å². The highest BCUT2D eigenvalue weighted by atomic mass is 32.1. The number of aromatic nitrogens is 1. The van der Waals surface area contributed by atoms with Gasteiger partial charge in [-0.3, -0.25) is 0 Å². The number of piperidine rings is 1. The second kappa shape index (κ2) is 7.11. The van der Waals surface area contributed by atoms with Crippen LogP contribution in [0.4, 0.5) is 0 Å². The second-order valence-corrected chi connectivity index (χ2v) is 7.75. The Morgan fingerprint density at radius 1 is 1.16 bits per heavy atom. The van der Waals surface area contributed by atoms with Gasteiger partial charge in [0.1, 0.15) is 0 Å². The zero-order chi connectivity index (χ0) is 17.2. The minimum atomic E-state index is 0.668. The number of likely N-dealkylation sites (N-methyl/N-ethyl adjacent to an activating group) is 1. The van der Waals surface area contributed by atoms with Crippen LogP contribution in [0.5, 0.6) is 0 Å². The molecule has 128 valence electrons. The van der Waals surface area contributed by atoms with Crippen molar-refractivity contribution in [2.75, 3.05) is 20.1 Å². The van der Waals surface area contributed by atoms with E-state index in [1.165, 1.54) is 34.0 Å². The smallest absolute Gasteiger partial charge is 0.0460 e. The molecule has 2 aromatic carbocycles. The summed E-state index contributed by atoms with van der Waals surface area (Å²) in [6.45, 7) is 2.22. The Morgan fingerprint density at radius 3 is 2.80 bits per heavy atom. The van der Waals surface area contributed by atoms with Crippen LogP contribution in [-0.4, -0.2) is 30.0 Å². The van der Waals surface area contributed by atoms with Gasteiger partial charge in [-0.15, -0.1) is 12.6 Å². The number of benzene rings is 2. The van der Waals surface area contributed by atoms with Gasteiger partial charge in [0.25, 0.3) is 0 Å². The number of fused-ring (bicyclic) bond motifs is 1. The van der Waals surface area contributed by atoms with Crippen LogP contribution < -0.4 is 0 Å². The topological polar surface area (TPSA) is 19.0 Å². The maximum Gasteiger partial charge on any atom is 0.0460 e. The molecule has 3 heteroatoms. The fourth-order valence-electron chi connectivity index (χ4n) is 3.99. The van der Waals surface area contributed by atoms with E-state index >= 15 is 0 Å². The van der Waals surface area contributed by atoms with Crippen LogP contribution in [0, 0.1) is 5.92 Å². The highest BCUT2D eigenvalue weighted by molar-refractivity contribution is 7.80. The number of H-pyrrole nitrogens is 1. The van der Waals surface area contributed by atoms with Crippen LogP contribution >= 0.6 is 12.6 Å². The number of rotatable bonds is 3. The normalized spacial score (nSPS) is 20.4. The molecule has 0 radical (unpaired) electrons. The molecule has 1 atom stereocenters. The third-order valence-electron chi connectivity index (χ3n) is 5.04.